The van der Waals surface area contributed by atoms with Gasteiger partial charge in [-0.3, -0.25) is 4.57 Å². The number of benzene rings is 1. The molecule has 1 aromatic heterocycles. The molecule has 3 aliphatic heterocycles. The van der Waals surface area contributed by atoms with Crippen molar-refractivity contribution in [1.29, 1.82) is 0 Å². The number of amidine groups is 1. The molecule has 0 spiro atoms. The van der Waals surface area contributed by atoms with E-state index >= 15 is 0 Å². The lowest BCUT2D eigenvalue weighted by molar-refractivity contribution is 0.0524. The second kappa shape index (κ2) is 9.61. The van der Waals surface area contributed by atoms with Crippen molar-refractivity contribution < 1.29 is 13.9 Å². The molecule has 0 amide bonds. The van der Waals surface area contributed by atoms with Gasteiger partial charge in [-0.1, -0.05) is 19.1 Å². The van der Waals surface area contributed by atoms with E-state index in [1.54, 1.807) is 4.57 Å². The highest BCUT2D eigenvalue weighted by Gasteiger charge is 2.28. The van der Waals surface area contributed by atoms with Crippen LogP contribution in [-0.4, -0.2) is 83.8 Å². The van der Waals surface area contributed by atoms with Gasteiger partial charge < -0.3 is 19.3 Å². The molecule has 4 heterocycles. The lowest BCUT2D eigenvalue weighted by Gasteiger charge is -2.31. The summed E-state index contributed by atoms with van der Waals surface area (Å²) in [7, 11) is 0. The number of para-hydroxylation sites is 2. The third-order valence-corrected chi connectivity index (χ3v) is 6.38. The molecule has 2 fully saturated rings. The summed E-state index contributed by atoms with van der Waals surface area (Å²) in [5.74, 6) is 2.67. The van der Waals surface area contributed by atoms with E-state index in [9.17, 15) is 4.39 Å². The number of morpholine rings is 2. The summed E-state index contributed by atoms with van der Waals surface area (Å²) < 4.78 is 27.7. The summed E-state index contributed by atoms with van der Waals surface area (Å²) in [6.07, 6.45) is 0.319. The van der Waals surface area contributed by atoms with Gasteiger partial charge >= 0.3 is 0 Å². The van der Waals surface area contributed by atoms with Crippen molar-refractivity contribution in [3.05, 3.63) is 41.5 Å². The fraction of sp³-hybridized carbons (Fsp3) is 0.542. The average molecular weight is 455 g/mol. The van der Waals surface area contributed by atoms with Crippen molar-refractivity contribution in [1.82, 2.24) is 19.4 Å². The molecule has 0 N–H and O–H groups in total. The second-order valence-electron chi connectivity index (χ2n) is 8.51. The van der Waals surface area contributed by atoms with Crippen LogP contribution in [0.4, 0.5) is 4.39 Å². The third-order valence-electron chi connectivity index (χ3n) is 6.38. The van der Waals surface area contributed by atoms with Crippen molar-refractivity contribution in [2.45, 2.75) is 32.9 Å². The van der Waals surface area contributed by atoms with E-state index in [1.165, 1.54) is 12.5 Å². The lowest BCUT2D eigenvalue weighted by atomic mass is 10.1. The molecule has 2 aromatic rings. The van der Waals surface area contributed by atoms with Crippen LogP contribution in [0.2, 0.25) is 0 Å². The molecule has 5 rings (SSSR count). The fourth-order valence-electron chi connectivity index (χ4n) is 4.60. The van der Waals surface area contributed by atoms with Crippen LogP contribution in [-0.2, 0) is 9.47 Å². The normalized spacial score (nSPS) is 21.2. The van der Waals surface area contributed by atoms with Crippen molar-refractivity contribution in [2.24, 2.45) is 9.98 Å². The van der Waals surface area contributed by atoms with E-state index in [0.717, 1.165) is 55.3 Å². The zero-order valence-electron chi connectivity index (χ0n) is 19.3. The summed E-state index contributed by atoms with van der Waals surface area (Å²) in [5.41, 5.74) is 2.78. The molecule has 1 unspecified atom stereocenters. The Labute approximate surface area is 193 Å². The summed E-state index contributed by atoms with van der Waals surface area (Å²) in [5, 5.41) is 0. The number of rotatable bonds is 3. The standard InChI is InChI=1S/C24H31FN6O2/c1-3-18-16-21(29-8-12-32-13-9-29)27-24(28-23(18)30-10-14-33-15-11-30)31-20-7-5-4-6-19(20)26-22(31)17(2)25/h4-7,17H,3,8-16H2,1-2H3. The summed E-state index contributed by atoms with van der Waals surface area (Å²) in [4.78, 5) is 19.3. The molecule has 0 radical (unpaired) electrons. The number of halogens is 1. The number of aromatic nitrogens is 2. The molecular weight excluding hydrogens is 423 g/mol. The van der Waals surface area contributed by atoms with Crippen molar-refractivity contribution >= 4 is 22.8 Å². The van der Waals surface area contributed by atoms with Gasteiger partial charge in [-0.2, -0.15) is 9.98 Å². The molecule has 176 valence electrons. The number of aliphatic imine (C=N–C) groups is 2. The first kappa shape index (κ1) is 22.0. The highest BCUT2D eigenvalue weighted by atomic mass is 19.1. The van der Waals surface area contributed by atoms with Crippen LogP contribution in [0.1, 0.15) is 38.7 Å². The first-order valence-corrected chi connectivity index (χ1v) is 11.8. The Hall–Kier alpha value is -2.78. The Morgan fingerprint density at radius 1 is 0.970 bits per heavy atom. The zero-order valence-corrected chi connectivity index (χ0v) is 19.3. The summed E-state index contributed by atoms with van der Waals surface area (Å²) >= 11 is 0. The maximum absolute atomic E-state index is 14.8. The molecule has 1 aromatic carbocycles. The molecule has 2 saturated heterocycles. The van der Waals surface area contributed by atoms with Gasteiger partial charge in [-0.15, -0.1) is 0 Å². The predicted molar refractivity (Wildman–Crippen MR) is 126 cm³/mol. The van der Waals surface area contributed by atoms with Crippen LogP contribution < -0.4 is 0 Å². The number of fused-ring (bicyclic) bond motifs is 1. The molecular formula is C24H31FN6O2. The minimum atomic E-state index is -1.26. The van der Waals surface area contributed by atoms with Gasteiger partial charge in [0.05, 0.1) is 37.5 Å². The Morgan fingerprint density at radius 3 is 2.30 bits per heavy atom. The Kier molecular flexibility index (Phi) is 6.41. The van der Waals surface area contributed by atoms with Crippen molar-refractivity contribution in [2.75, 3.05) is 52.6 Å². The number of nitrogens with zero attached hydrogens (tertiary/aromatic N) is 6. The number of imidazole rings is 1. The average Bonchev–Trinajstić information content (AvgIpc) is 3.14. The second-order valence-corrected chi connectivity index (χ2v) is 8.51. The first-order valence-electron chi connectivity index (χ1n) is 11.8. The predicted octanol–water partition coefficient (Wildman–Crippen LogP) is 3.36. The van der Waals surface area contributed by atoms with Gasteiger partial charge in [0.15, 0.2) is 12.0 Å². The van der Waals surface area contributed by atoms with Crippen molar-refractivity contribution in [3.63, 3.8) is 0 Å². The molecule has 0 aliphatic carbocycles. The smallest absolute Gasteiger partial charge is 0.239 e. The van der Waals surface area contributed by atoms with Crippen LogP contribution in [0.25, 0.3) is 11.0 Å². The van der Waals surface area contributed by atoms with Gasteiger partial charge in [0.25, 0.3) is 0 Å². The lowest BCUT2D eigenvalue weighted by Crippen LogP contribution is -2.41. The van der Waals surface area contributed by atoms with E-state index in [1.807, 2.05) is 24.3 Å². The molecule has 8 nitrogen and oxygen atoms in total. The molecule has 0 saturated carbocycles. The maximum atomic E-state index is 14.8. The maximum Gasteiger partial charge on any atom is 0.239 e. The number of hydrogen-bond acceptors (Lipinski definition) is 7. The van der Waals surface area contributed by atoms with Gasteiger partial charge in [-0.05, 0) is 31.1 Å². The number of hydrogen-bond donors (Lipinski definition) is 0. The minimum absolute atomic E-state index is 0.321. The molecule has 1 atom stereocenters. The molecule has 9 heteroatoms. The highest BCUT2D eigenvalue weighted by molar-refractivity contribution is 6.02. The first-order chi connectivity index (χ1) is 16.2. The monoisotopic (exact) mass is 454 g/mol. The van der Waals surface area contributed by atoms with Gasteiger partial charge in [0.2, 0.25) is 5.96 Å². The fourth-order valence-corrected chi connectivity index (χ4v) is 4.60. The summed E-state index contributed by atoms with van der Waals surface area (Å²) in [6, 6.07) is 7.70. The Balaban J connectivity index is 1.70. The van der Waals surface area contributed by atoms with Crippen LogP contribution in [0.3, 0.4) is 0 Å². The van der Waals surface area contributed by atoms with E-state index in [0.29, 0.717) is 44.6 Å². The third kappa shape index (κ3) is 4.39. The molecule has 3 aliphatic rings. The van der Waals surface area contributed by atoms with E-state index < -0.39 is 6.17 Å². The van der Waals surface area contributed by atoms with E-state index in [2.05, 4.69) is 21.7 Å². The SMILES string of the molecule is CCC1=C(N2CCOCC2)N=C(n2c(C(C)F)nc3ccccc32)N=C(N2CCOCC2)C1. The summed E-state index contributed by atoms with van der Waals surface area (Å²) in [6.45, 7) is 9.49. The van der Waals surface area contributed by atoms with Crippen molar-refractivity contribution in [3.8, 4) is 0 Å². The molecule has 33 heavy (non-hydrogen) atoms. The molecule has 0 bridgehead atoms. The van der Waals surface area contributed by atoms with Gasteiger partial charge in [0, 0.05) is 32.6 Å². The van der Waals surface area contributed by atoms with Gasteiger partial charge in [0.1, 0.15) is 11.7 Å². The number of ether oxygens (including phenoxy) is 2. The Bertz CT molecular complexity index is 1090. The zero-order chi connectivity index (χ0) is 22.8. The topological polar surface area (TPSA) is 67.5 Å². The van der Waals surface area contributed by atoms with E-state index in [-0.39, 0.29) is 0 Å². The minimum Gasteiger partial charge on any atom is -0.378 e. The van der Waals surface area contributed by atoms with Crippen LogP contribution >= 0.6 is 0 Å². The van der Waals surface area contributed by atoms with Gasteiger partial charge in [-0.25, -0.2) is 9.37 Å². The number of alkyl halides is 1. The Morgan fingerprint density at radius 2 is 1.64 bits per heavy atom. The van der Waals surface area contributed by atoms with Crippen LogP contribution in [0.15, 0.2) is 45.6 Å². The largest absolute Gasteiger partial charge is 0.378 e. The van der Waals surface area contributed by atoms with Crippen LogP contribution in [0, 0.1) is 0 Å². The quantitative estimate of drug-likeness (QED) is 0.712. The highest BCUT2D eigenvalue weighted by Crippen LogP contribution is 2.28. The van der Waals surface area contributed by atoms with E-state index in [4.69, 9.17) is 19.5 Å². The van der Waals surface area contributed by atoms with Crippen LogP contribution in [0.5, 0.6) is 0 Å².